The molecule has 2 heterocycles. The van der Waals surface area contributed by atoms with Crippen LogP contribution in [0.3, 0.4) is 0 Å². The molecule has 0 aliphatic heterocycles. The van der Waals surface area contributed by atoms with Crippen molar-refractivity contribution in [3.63, 3.8) is 0 Å². The van der Waals surface area contributed by atoms with Gasteiger partial charge in [-0.3, -0.25) is 0 Å². The second-order valence-electron chi connectivity index (χ2n) is 5.59. The van der Waals surface area contributed by atoms with Crippen molar-refractivity contribution in [3.05, 3.63) is 24.4 Å². The van der Waals surface area contributed by atoms with Gasteiger partial charge in [-0.05, 0) is 43.7 Å². The average Bonchev–Trinajstić information content (AvgIpc) is 2.83. The lowest BCUT2D eigenvalue weighted by Crippen LogP contribution is -2.26. The molecule has 0 spiro atoms. The lowest BCUT2D eigenvalue weighted by atomic mass is 9.83. The van der Waals surface area contributed by atoms with Crippen LogP contribution in [0.2, 0.25) is 0 Å². The van der Waals surface area contributed by atoms with Gasteiger partial charge in [0.15, 0.2) is 5.65 Å². The number of aromatic nitrogens is 3. The number of anilines is 1. The zero-order valence-electron chi connectivity index (χ0n) is 11.5. The van der Waals surface area contributed by atoms with Gasteiger partial charge < -0.3 is 5.32 Å². The van der Waals surface area contributed by atoms with Gasteiger partial charge in [-0.1, -0.05) is 25.8 Å². The van der Waals surface area contributed by atoms with Crippen LogP contribution in [-0.4, -0.2) is 20.6 Å². The molecular formula is C15H22N4. The number of hydrogen-bond donors (Lipinski definition) is 1. The van der Waals surface area contributed by atoms with Crippen molar-refractivity contribution in [1.29, 1.82) is 0 Å². The van der Waals surface area contributed by atoms with E-state index in [9.17, 15) is 0 Å². The molecule has 0 saturated heterocycles. The van der Waals surface area contributed by atoms with Gasteiger partial charge in [-0.25, -0.2) is 4.52 Å². The van der Waals surface area contributed by atoms with Crippen molar-refractivity contribution >= 4 is 11.6 Å². The average molecular weight is 258 g/mol. The fourth-order valence-corrected chi connectivity index (χ4v) is 3.08. The monoisotopic (exact) mass is 258 g/mol. The van der Waals surface area contributed by atoms with E-state index in [1.54, 1.807) is 0 Å². The van der Waals surface area contributed by atoms with Crippen LogP contribution >= 0.6 is 0 Å². The molecule has 19 heavy (non-hydrogen) atoms. The first kappa shape index (κ1) is 12.5. The lowest BCUT2D eigenvalue weighted by Gasteiger charge is -2.28. The summed E-state index contributed by atoms with van der Waals surface area (Å²) in [5.41, 5.74) is 0.907. The Morgan fingerprint density at radius 2 is 2.11 bits per heavy atom. The van der Waals surface area contributed by atoms with Gasteiger partial charge >= 0.3 is 0 Å². The Morgan fingerprint density at radius 1 is 1.26 bits per heavy atom. The molecule has 0 aromatic carbocycles. The normalized spacial score (nSPS) is 23.6. The Balaban J connectivity index is 1.60. The van der Waals surface area contributed by atoms with Crippen LogP contribution in [0.25, 0.3) is 5.65 Å². The van der Waals surface area contributed by atoms with E-state index in [1.807, 2.05) is 28.9 Å². The maximum Gasteiger partial charge on any atom is 0.243 e. The Kier molecular flexibility index (Phi) is 3.67. The summed E-state index contributed by atoms with van der Waals surface area (Å²) in [6.45, 7) is 2.28. The van der Waals surface area contributed by atoms with E-state index in [4.69, 9.17) is 0 Å². The molecule has 0 bridgehead atoms. The zero-order chi connectivity index (χ0) is 13.1. The SMILES string of the molecule is CCCC1CCC(Nc2nc3ccccn3n2)CC1. The smallest absolute Gasteiger partial charge is 0.243 e. The summed E-state index contributed by atoms with van der Waals surface area (Å²) < 4.78 is 1.82. The van der Waals surface area contributed by atoms with Gasteiger partial charge in [-0.15, -0.1) is 5.10 Å². The molecule has 3 rings (SSSR count). The summed E-state index contributed by atoms with van der Waals surface area (Å²) in [5, 5.41) is 7.95. The summed E-state index contributed by atoms with van der Waals surface area (Å²) in [6.07, 6.45) is 9.83. The highest BCUT2D eigenvalue weighted by Crippen LogP contribution is 2.28. The lowest BCUT2D eigenvalue weighted by molar-refractivity contribution is 0.318. The maximum atomic E-state index is 4.50. The summed E-state index contributed by atoms with van der Waals surface area (Å²) >= 11 is 0. The highest BCUT2D eigenvalue weighted by atomic mass is 15.3. The minimum Gasteiger partial charge on any atom is -0.350 e. The fraction of sp³-hybridized carbons (Fsp3) is 0.600. The highest BCUT2D eigenvalue weighted by molar-refractivity contribution is 5.43. The van der Waals surface area contributed by atoms with E-state index in [0.717, 1.165) is 17.5 Å². The Hall–Kier alpha value is -1.58. The Morgan fingerprint density at radius 3 is 2.84 bits per heavy atom. The van der Waals surface area contributed by atoms with Crippen molar-refractivity contribution in [2.45, 2.75) is 51.5 Å². The Labute approximate surface area is 114 Å². The van der Waals surface area contributed by atoms with E-state index < -0.39 is 0 Å². The number of hydrogen-bond acceptors (Lipinski definition) is 3. The van der Waals surface area contributed by atoms with Crippen LogP contribution in [0.5, 0.6) is 0 Å². The van der Waals surface area contributed by atoms with E-state index in [-0.39, 0.29) is 0 Å². The number of nitrogens with zero attached hydrogens (tertiary/aromatic N) is 3. The highest BCUT2D eigenvalue weighted by Gasteiger charge is 2.21. The molecule has 0 amide bonds. The maximum absolute atomic E-state index is 4.50. The van der Waals surface area contributed by atoms with Crippen LogP contribution in [0.15, 0.2) is 24.4 Å². The van der Waals surface area contributed by atoms with Crippen molar-refractivity contribution in [3.8, 4) is 0 Å². The molecule has 4 nitrogen and oxygen atoms in total. The molecular weight excluding hydrogens is 236 g/mol. The molecule has 0 atom stereocenters. The molecule has 4 heteroatoms. The first-order chi connectivity index (χ1) is 9.35. The van der Waals surface area contributed by atoms with Crippen molar-refractivity contribution in [2.75, 3.05) is 5.32 Å². The van der Waals surface area contributed by atoms with Crippen LogP contribution < -0.4 is 5.32 Å². The molecule has 0 radical (unpaired) electrons. The molecule has 1 fully saturated rings. The number of rotatable bonds is 4. The second kappa shape index (κ2) is 5.59. The number of nitrogens with one attached hydrogen (secondary N) is 1. The summed E-state index contributed by atoms with van der Waals surface area (Å²) in [6, 6.07) is 6.49. The predicted octanol–water partition coefficient (Wildman–Crippen LogP) is 3.50. The third kappa shape index (κ3) is 2.88. The molecule has 1 saturated carbocycles. The minimum atomic E-state index is 0.547. The van der Waals surface area contributed by atoms with Gasteiger partial charge in [0.25, 0.3) is 0 Å². The standard InChI is InChI=1S/C15H22N4/c1-2-5-12-7-9-13(10-8-12)16-15-17-14-6-3-4-11-19(14)18-15/h3-4,6,11-13H,2,5,7-10H2,1H3,(H,16,18). The van der Waals surface area contributed by atoms with Crippen LogP contribution in [0.4, 0.5) is 5.95 Å². The molecule has 1 aliphatic rings. The molecule has 2 aromatic rings. The van der Waals surface area contributed by atoms with Crippen LogP contribution in [0.1, 0.15) is 45.4 Å². The number of pyridine rings is 1. The van der Waals surface area contributed by atoms with Crippen LogP contribution in [0, 0.1) is 5.92 Å². The zero-order valence-corrected chi connectivity index (χ0v) is 11.5. The van der Waals surface area contributed by atoms with E-state index in [0.29, 0.717) is 6.04 Å². The largest absolute Gasteiger partial charge is 0.350 e. The van der Waals surface area contributed by atoms with Crippen LogP contribution in [-0.2, 0) is 0 Å². The first-order valence-electron chi connectivity index (χ1n) is 7.43. The van der Waals surface area contributed by atoms with Gasteiger partial charge in [0, 0.05) is 12.2 Å². The first-order valence-corrected chi connectivity index (χ1v) is 7.43. The fourth-order valence-electron chi connectivity index (χ4n) is 3.08. The summed E-state index contributed by atoms with van der Waals surface area (Å²) in [7, 11) is 0. The van der Waals surface area contributed by atoms with Gasteiger partial charge in [0.1, 0.15) is 0 Å². The van der Waals surface area contributed by atoms with Gasteiger partial charge in [-0.2, -0.15) is 4.98 Å². The quantitative estimate of drug-likeness (QED) is 0.912. The van der Waals surface area contributed by atoms with Crippen molar-refractivity contribution in [1.82, 2.24) is 14.6 Å². The minimum absolute atomic E-state index is 0.547. The predicted molar refractivity (Wildman–Crippen MR) is 77.3 cm³/mol. The molecule has 1 N–H and O–H groups in total. The molecule has 0 unspecified atom stereocenters. The second-order valence-corrected chi connectivity index (χ2v) is 5.59. The van der Waals surface area contributed by atoms with Gasteiger partial charge in [0.05, 0.1) is 0 Å². The van der Waals surface area contributed by atoms with Crippen molar-refractivity contribution in [2.24, 2.45) is 5.92 Å². The third-order valence-corrected chi connectivity index (χ3v) is 4.12. The van der Waals surface area contributed by atoms with E-state index in [1.165, 1.54) is 38.5 Å². The Bertz CT molecular complexity index is 493. The van der Waals surface area contributed by atoms with E-state index >= 15 is 0 Å². The summed E-state index contributed by atoms with van der Waals surface area (Å²) in [4.78, 5) is 4.50. The van der Waals surface area contributed by atoms with Crippen molar-refractivity contribution < 1.29 is 0 Å². The number of fused-ring (bicyclic) bond motifs is 1. The summed E-state index contributed by atoms with van der Waals surface area (Å²) in [5.74, 6) is 1.71. The van der Waals surface area contributed by atoms with E-state index in [2.05, 4.69) is 22.3 Å². The third-order valence-electron chi connectivity index (χ3n) is 4.12. The topological polar surface area (TPSA) is 42.2 Å². The molecule has 2 aromatic heterocycles. The van der Waals surface area contributed by atoms with Gasteiger partial charge in [0.2, 0.25) is 5.95 Å². The molecule has 1 aliphatic carbocycles. The molecule has 102 valence electrons.